The van der Waals surface area contributed by atoms with Gasteiger partial charge in [-0.05, 0) is 32.1 Å². The number of ether oxygens (including phenoxy) is 5. The van der Waals surface area contributed by atoms with Gasteiger partial charge in [-0.1, -0.05) is 34.6 Å². The lowest BCUT2D eigenvalue weighted by molar-refractivity contribution is -0.156. The summed E-state index contributed by atoms with van der Waals surface area (Å²) in [6, 6.07) is 0. The first-order chi connectivity index (χ1) is 20.6. The van der Waals surface area contributed by atoms with Crippen molar-refractivity contribution >= 4 is 0 Å². The first-order valence-corrected chi connectivity index (χ1v) is 15.8. The molecule has 1 atom stereocenters. The van der Waals surface area contributed by atoms with E-state index in [2.05, 4.69) is 0 Å². The lowest BCUT2D eigenvalue weighted by Crippen LogP contribution is -2.41. The van der Waals surface area contributed by atoms with Crippen molar-refractivity contribution < 1.29 is 59.4 Å². The fraction of sp³-hybridized carbons (Fsp3) is 1.00. The summed E-state index contributed by atoms with van der Waals surface area (Å²) in [6.07, 6.45) is 1.77. The van der Waals surface area contributed by atoms with Crippen LogP contribution in [-0.4, -0.2) is 147 Å². The second kappa shape index (κ2) is 22.9. The lowest BCUT2D eigenvalue weighted by atomic mass is 9.84. The molecule has 0 radical (unpaired) electrons. The van der Waals surface area contributed by atoms with Crippen molar-refractivity contribution in [3.05, 3.63) is 0 Å². The van der Waals surface area contributed by atoms with Gasteiger partial charge in [0, 0.05) is 21.7 Å². The van der Waals surface area contributed by atoms with Crippen molar-refractivity contribution in [3.8, 4) is 0 Å². The molecule has 0 heterocycles. The largest absolute Gasteiger partial charge is 0.396 e. The molecular formula is C31H64O12. The van der Waals surface area contributed by atoms with Gasteiger partial charge in [0.05, 0.1) is 99.1 Å². The van der Waals surface area contributed by atoms with Crippen molar-refractivity contribution in [1.29, 1.82) is 0 Å². The Morgan fingerprint density at radius 1 is 0.372 bits per heavy atom. The van der Waals surface area contributed by atoms with Gasteiger partial charge in [0.1, 0.15) is 12.2 Å². The molecule has 0 saturated carbocycles. The molecule has 0 amide bonds. The molecule has 260 valence electrons. The minimum absolute atomic E-state index is 0.0118. The quantitative estimate of drug-likeness (QED) is 0.0592. The van der Waals surface area contributed by atoms with E-state index in [9.17, 15) is 35.7 Å². The van der Waals surface area contributed by atoms with Crippen molar-refractivity contribution in [1.82, 2.24) is 0 Å². The summed E-state index contributed by atoms with van der Waals surface area (Å²) < 4.78 is 30.2. The predicted molar refractivity (Wildman–Crippen MR) is 163 cm³/mol. The first kappa shape index (κ1) is 42.5. The molecule has 0 aliphatic carbocycles. The van der Waals surface area contributed by atoms with Crippen LogP contribution in [-0.2, 0) is 23.7 Å². The predicted octanol–water partition coefficient (Wildman–Crippen LogP) is 0.748. The van der Waals surface area contributed by atoms with Gasteiger partial charge in [-0.15, -0.1) is 0 Å². The molecule has 0 fully saturated rings. The molecule has 43 heavy (non-hydrogen) atoms. The molecule has 0 spiro atoms. The van der Waals surface area contributed by atoms with Gasteiger partial charge in [-0.25, -0.2) is 0 Å². The zero-order valence-electron chi connectivity index (χ0n) is 27.5. The number of hydrogen-bond donors (Lipinski definition) is 7. The summed E-state index contributed by atoms with van der Waals surface area (Å²) in [5.74, 6) is 0. The molecule has 1 unspecified atom stereocenters. The molecule has 0 rings (SSSR count). The van der Waals surface area contributed by atoms with Crippen LogP contribution < -0.4 is 0 Å². The smallest absolute Gasteiger partial charge is 0.105 e. The van der Waals surface area contributed by atoms with Gasteiger partial charge >= 0.3 is 0 Å². The molecular weight excluding hydrogens is 564 g/mol. The van der Waals surface area contributed by atoms with Crippen LogP contribution in [0.4, 0.5) is 0 Å². The Hall–Kier alpha value is -0.480. The standard InChI is InChI=1S/C31H64O12/c1-6-28(7-2,15-32)22-39-11-26(12-40-23-29(8-3,16-33)17-34)43-27(13-41-24-30(9-4,18-35)19-36)14-42-25-31(10-5,20-37)21-38/h26-27,32-38H,6-25H2,1-5H3. The van der Waals surface area contributed by atoms with Crippen LogP contribution in [0.2, 0.25) is 0 Å². The topological polar surface area (TPSA) is 188 Å². The third kappa shape index (κ3) is 14.2. The minimum Gasteiger partial charge on any atom is -0.396 e. The highest BCUT2D eigenvalue weighted by Gasteiger charge is 2.32. The van der Waals surface area contributed by atoms with E-state index in [0.717, 1.165) is 12.8 Å². The van der Waals surface area contributed by atoms with E-state index >= 15 is 0 Å². The van der Waals surface area contributed by atoms with E-state index in [1.807, 2.05) is 34.6 Å². The van der Waals surface area contributed by atoms with Gasteiger partial charge in [0.15, 0.2) is 0 Å². The van der Waals surface area contributed by atoms with Crippen LogP contribution in [0, 0.1) is 21.7 Å². The summed E-state index contributed by atoms with van der Waals surface area (Å²) >= 11 is 0. The Morgan fingerprint density at radius 3 is 0.767 bits per heavy atom. The number of rotatable bonds is 30. The minimum atomic E-state index is -0.797. The van der Waals surface area contributed by atoms with Crippen LogP contribution >= 0.6 is 0 Å². The molecule has 12 nitrogen and oxygen atoms in total. The van der Waals surface area contributed by atoms with Crippen LogP contribution in [0.25, 0.3) is 0 Å². The number of hydrogen-bond acceptors (Lipinski definition) is 12. The van der Waals surface area contributed by atoms with E-state index in [0.29, 0.717) is 25.9 Å². The van der Waals surface area contributed by atoms with E-state index < -0.39 is 28.5 Å². The third-order valence-electron chi connectivity index (χ3n) is 9.33. The third-order valence-corrected chi connectivity index (χ3v) is 9.33. The van der Waals surface area contributed by atoms with Gasteiger partial charge in [-0.2, -0.15) is 0 Å². The van der Waals surface area contributed by atoms with Gasteiger partial charge in [0.2, 0.25) is 0 Å². The van der Waals surface area contributed by atoms with Gasteiger partial charge in [0.25, 0.3) is 0 Å². The van der Waals surface area contributed by atoms with Crippen LogP contribution in [0.3, 0.4) is 0 Å². The molecule has 0 aliphatic heterocycles. The normalized spacial score (nSPS) is 14.2. The average molecular weight is 629 g/mol. The van der Waals surface area contributed by atoms with Crippen LogP contribution in [0.5, 0.6) is 0 Å². The summed E-state index contributed by atoms with van der Waals surface area (Å²) in [5, 5.41) is 68.9. The zero-order chi connectivity index (χ0) is 32.8. The number of aliphatic hydroxyl groups excluding tert-OH is 7. The second-order valence-electron chi connectivity index (χ2n) is 12.3. The fourth-order valence-electron chi connectivity index (χ4n) is 4.28. The molecule has 0 aromatic rings. The van der Waals surface area contributed by atoms with Crippen molar-refractivity contribution in [2.75, 3.05) is 99.1 Å². The van der Waals surface area contributed by atoms with Crippen molar-refractivity contribution in [2.45, 2.75) is 78.9 Å². The van der Waals surface area contributed by atoms with Crippen molar-refractivity contribution in [2.24, 2.45) is 21.7 Å². The molecule has 12 heteroatoms. The molecule has 0 aromatic carbocycles. The second-order valence-corrected chi connectivity index (χ2v) is 12.3. The average Bonchev–Trinajstić information content (AvgIpc) is 3.06. The van der Waals surface area contributed by atoms with Crippen LogP contribution in [0.1, 0.15) is 66.7 Å². The molecule has 0 bridgehead atoms. The summed E-state index contributed by atoms with van der Waals surface area (Å²) in [4.78, 5) is 0. The monoisotopic (exact) mass is 628 g/mol. The maximum Gasteiger partial charge on any atom is 0.105 e. The molecule has 7 N–H and O–H groups in total. The van der Waals surface area contributed by atoms with Gasteiger partial charge in [-0.3, -0.25) is 0 Å². The molecule has 0 aromatic heterocycles. The lowest BCUT2D eigenvalue weighted by Gasteiger charge is -2.33. The van der Waals surface area contributed by atoms with Crippen molar-refractivity contribution in [3.63, 3.8) is 0 Å². The Balaban J connectivity index is 5.79. The maximum absolute atomic E-state index is 9.96. The van der Waals surface area contributed by atoms with E-state index in [-0.39, 0.29) is 97.9 Å². The molecule has 0 aliphatic rings. The zero-order valence-corrected chi connectivity index (χ0v) is 27.5. The van der Waals surface area contributed by atoms with Gasteiger partial charge < -0.3 is 59.4 Å². The van der Waals surface area contributed by atoms with Crippen LogP contribution in [0.15, 0.2) is 0 Å². The summed E-state index contributed by atoms with van der Waals surface area (Å²) in [6.45, 7) is 9.11. The molecule has 0 saturated heterocycles. The summed E-state index contributed by atoms with van der Waals surface area (Å²) in [5.41, 5.74) is -2.76. The van der Waals surface area contributed by atoms with E-state index in [1.54, 1.807) is 0 Å². The summed E-state index contributed by atoms with van der Waals surface area (Å²) in [7, 11) is 0. The first-order valence-electron chi connectivity index (χ1n) is 15.8. The maximum atomic E-state index is 9.96. The highest BCUT2D eigenvalue weighted by atomic mass is 16.6. The fourth-order valence-corrected chi connectivity index (χ4v) is 4.28. The highest BCUT2D eigenvalue weighted by molar-refractivity contribution is 4.79. The van der Waals surface area contributed by atoms with E-state index in [1.165, 1.54) is 0 Å². The van der Waals surface area contributed by atoms with E-state index in [4.69, 9.17) is 23.7 Å². The Morgan fingerprint density at radius 2 is 0.581 bits per heavy atom. The number of aliphatic hydroxyl groups is 7. The SMILES string of the molecule is CCC(CC)(CO)COCC(COCC(CC)(CO)CO)OC(COCC(CC)(CO)CO)COCC(CC)(CO)CO. The Labute approximate surface area is 259 Å². The Kier molecular flexibility index (Phi) is 22.7. The highest BCUT2D eigenvalue weighted by Crippen LogP contribution is 2.27. The Bertz CT molecular complexity index is 510.